The summed E-state index contributed by atoms with van der Waals surface area (Å²) in [5.41, 5.74) is 1.00. The van der Waals surface area contributed by atoms with E-state index >= 15 is 0 Å². The van der Waals surface area contributed by atoms with Gasteiger partial charge in [0.2, 0.25) is 0 Å². The fourth-order valence-electron chi connectivity index (χ4n) is 0.906. The Morgan fingerprint density at radius 2 is 0.917 bits per heavy atom. The molecule has 0 unspecified atom stereocenters. The van der Waals surface area contributed by atoms with Gasteiger partial charge in [0.1, 0.15) is 18.9 Å². The molecule has 0 saturated carbocycles. The minimum Gasteiger partial charge on any atom is -0.298 e. The normalized spacial score (nSPS) is 9.00. The van der Waals surface area contributed by atoms with Crippen molar-refractivity contribution in [2.75, 3.05) is 0 Å². The zero-order valence-electron chi connectivity index (χ0n) is 6.19. The first kappa shape index (κ1) is 8.33. The van der Waals surface area contributed by atoms with Crippen LogP contribution in [-0.4, -0.2) is 18.9 Å². The highest BCUT2D eigenvalue weighted by Gasteiger charge is 1.98. The Morgan fingerprint density at radius 1 is 0.667 bits per heavy atom. The van der Waals surface area contributed by atoms with Crippen molar-refractivity contribution in [3.8, 4) is 0 Å². The zero-order valence-corrected chi connectivity index (χ0v) is 6.19. The molecule has 0 aliphatic carbocycles. The third-order valence-corrected chi connectivity index (χ3v) is 1.41. The van der Waals surface area contributed by atoms with Gasteiger partial charge in [-0.3, -0.25) is 14.4 Å². The molecule has 1 aromatic rings. The van der Waals surface area contributed by atoms with Crippen molar-refractivity contribution in [2.24, 2.45) is 0 Å². The first-order valence-electron chi connectivity index (χ1n) is 3.31. The van der Waals surface area contributed by atoms with Gasteiger partial charge < -0.3 is 0 Å². The van der Waals surface area contributed by atoms with E-state index < -0.39 is 0 Å². The predicted molar refractivity (Wildman–Crippen MR) is 42.6 cm³/mol. The van der Waals surface area contributed by atoms with E-state index in [0.717, 1.165) is 0 Å². The third-order valence-electron chi connectivity index (χ3n) is 1.41. The summed E-state index contributed by atoms with van der Waals surface area (Å²) >= 11 is 0. The maximum absolute atomic E-state index is 10.3. The smallest absolute Gasteiger partial charge is 0.150 e. The van der Waals surface area contributed by atoms with Crippen molar-refractivity contribution < 1.29 is 14.4 Å². The van der Waals surface area contributed by atoms with Crippen molar-refractivity contribution in [1.82, 2.24) is 0 Å². The Hall–Kier alpha value is -1.77. The summed E-state index contributed by atoms with van der Waals surface area (Å²) in [6, 6.07) is 4.27. The summed E-state index contributed by atoms with van der Waals surface area (Å²) in [6.45, 7) is 0. The second kappa shape index (κ2) is 3.57. The van der Waals surface area contributed by atoms with Crippen LogP contribution in [0.3, 0.4) is 0 Å². The molecule has 0 bridgehead atoms. The molecule has 0 spiro atoms. The van der Waals surface area contributed by atoms with E-state index in [-0.39, 0.29) is 0 Å². The lowest BCUT2D eigenvalue weighted by Crippen LogP contribution is -1.89. The van der Waals surface area contributed by atoms with Gasteiger partial charge in [-0.05, 0) is 18.2 Å². The average molecular weight is 162 g/mol. The number of aldehydes is 3. The Labute approximate surface area is 69.0 Å². The first-order valence-corrected chi connectivity index (χ1v) is 3.31. The molecule has 0 aliphatic rings. The molecule has 0 N–H and O–H groups in total. The minimum atomic E-state index is 0.335. The molecule has 0 heterocycles. The molecule has 0 amide bonds. The fourth-order valence-corrected chi connectivity index (χ4v) is 0.906. The molecule has 3 heteroatoms. The minimum absolute atomic E-state index is 0.335. The fraction of sp³-hybridized carbons (Fsp3) is 0. The van der Waals surface area contributed by atoms with Crippen LogP contribution in [0.4, 0.5) is 0 Å². The summed E-state index contributed by atoms with van der Waals surface area (Å²) in [5.74, 6) is 0. The summed E-state index contributed by atoms with van der Waals surface area (Å²) in [6.07, 6.45) is 1.79. The van der Waals surface area contributed by atoms with Gasteiger partial charge in [0.15, 0.2) is 0 Å². The second-order valence-corrected chi connectivity index (χ2v) is 2.29. The van der Waals surface area contributed by atoms with Crippen LogP contribution in [0.5, 0.6) is 0 Å². The monoisotopic (exact) mass is 162 g/mol. The van der Waals surface area contributed by atoms with Gasteiger partial charge in [0, 0.05) is 16.7 Å². The van der Waals surface area contributed by atoms with Crippen LogP contribution >= 0.6 is 0 Å². The molecule has 60 valence electrons. The molecule has 1 aromatic carbocycles. The highest BCUT2D eigenvalue weighted by atomic mass is 16.1. The highest BCUT2D eigenvalue weighted by molar-refractivity contribution is 5.87. The molecule has 12 heavy (non-hydrogen) atoms. The Balaban J connectivity index is 3.26. The van der Waals surface area contributed by atoms with E-state index in [4.69, 9.17) is 0 Å². The quantitative estimate of drug-likeness (QED) is 0.626. The number of carbonyl (C=O) groups is 3. The SMILES string of the molecule is O=Cc1cc(C=O)cc(C=O)c1. The molecule has 0 radical (unpaired) electrons. The van der Waals surface area contributed by atoms with Crippen LogP contribution in [-0.2, 0) is 0 Å². The lowest BCUT2D eigenvalue weighted by Gasteiger charge is -1.94. The first-order chi connectivity index (χ1) is 5.80. The summed E-state index contributed by atoms with van der Waals surface area (Å²) in [7, 11) is 0. The highest BCUT2D eigenvalue weighted by Crippen LogP contribution is 2.05. The molecule has 0 saturated heterocycles. The third kappa shape index (κ3) is 1.63. The Kier molecular flexibility index (Phi) is 2.48. The van der Waals surface area contributed by atoms with Crippen molar-refractivity contribution in [1.29, 1.82) is 0 Å². The lowest BCUT2D eigenvalue weighted by atomic mass is 10.1. The van der Waals surface area contributed by atoms with Gasteiger partial charge in [-0.1, -0.05) is 0 Å². The van der Waals surface area contributed by atoms with Crippen LogP contribution in [0.2, 0.25) is 0 Å². The van der Waals surface area contributed by atoms with Gasteiger partial charge in [-0.15, -0.1) is 0 Å². The standard InChI is InChI=1S/C9H6O3/c10-4-7-1-8(5-11)3-9(2-7)6-12/h1-6H. The summed E-state index contributed by atoms with van der Waals surface area (Å²) < 4.78 is 0. The number of benzene rings is 1. The van der Waals surface area contributed by atoms with E-state index in [1.54, 1.807) is 0 Å². The Bertz CT molecular complexity index is 264. The van der Waals surface area contributed by atoms with Gasteiger partial charge in [-0.2, -0.15) is 0 Å². The lowest BCUT2D eigenvalue weighted by molar-refractivity contribution is 0.112. The van der Waals surface area contributed by atoms with Crippen molar-refractivity contribution in [2.45, 2.75) is 0 Å². The molecular weight excluding hydrogens is 156 g/mol. The number of rotatable bonds is 3. The van der Waals surface area contributed by atoms with Gasteiger partial charge in [0.05, 0.1) is 0 Å². The topological polar surface area (TPSA) is 51.2 Å². The van der Waals surface area contributed by atoms with Gasteiger partial charge in [0.25, 0.3) is 0 Å². The molecular formula is C9H6O3. The van der Waals surface area contributed by atoms with Crippen molar-refractivity contribution in [3.63, 3.8) is 0 Å². The van der Waals surface area contributed by atoms with Crippen LogP contribution in [0.15, 0.2) is 18.2 Å². The number of carbonyl (C=O) groups excluding carboxylic acids is 3. The number of hydrogen-bond donors (Lipinski definition) is 0. The summed E-state index contributed by atoms with van der Waals surface area (Å²) in [5, 5.41) is 0. The largest absolute Gasteiger partial charge is 0.298 e. The predicted octanol–water partition coefficient (Wildman–Crippen LogP) is 1.12. The van der Waals surface area contributed by atoms with Crippen molar-refractivity contribution in [3.05, 3.63) is 34.9 Å². The Morgan fingerprint density at radius 3 is 1.08 bits per heavy atom. The van der Waals surface area contributed by atoms with Crippen LogP contribution in [0, 0.1) is 0 Å². The van der Waals surface area contributed by atoms with Gasteiger partial charge in [-0.25, -0.2) is 0 Å². The number of hydrogen-bond acceptors (Lipinski definition) is 3. The molecule has 0 fully saturated rings. The molecule has 0 atom stereocenters. The van der Waals surface area contributed by atoms with E-state index in [9.17, 15) is 14.4 Å². The second-order valence-electron chi connectivity index (χ2n) is 2.29. The van der Waals surface area contributed by atoms with Crippen LogP contribution < -0.4 is 0 Å². The molecule has 0 aliphatic heterocycles. The van der Waals surface area contributed by atoms with Gasteiger partial charge >= 0.3 is 0 Å². The summed E-state index contributed by atoms with van der Waals surface area (Å²) in [4.78, 5) is 30.9. The molecule has 0 aromatic heterocycles. The van der Waals surface area contributed by atoms with Crippen LogP contribution in [0.1, 0.15) is 31.1 Å². The average Bonchev–Trinajstić information content (AvgIpc) is 2.16. The van der Waals surface area contributed by atoms with E-state index in [1.165, 1.54) is 18.2 Å². The maximum Gasteiger partial charge on any atom is 0.150 e. The maximum atomic E-state index is 10.3. The van der Waals surface area contributed by atoms with E-state index in [0.29, 0.717) is 35.5 Å². The van der Waals surface area contributed by atoms with Crippen molar-refractivity contribution >= 4 is 18.9 Å². The van der Waals surface area contributed by atoms with E-state index in [1.807, 2.05) is 0 Å². The molecule has 1 rings (SSSR count). The van der Waals surface area contributed by atoms with E-state index in [2.05, 4.69) is 0 Å². The zero-order chi connectivity index (χ0) is 8.97. The molecule has 3 nitrogen and oxygen atoms in total. The van der Waals surface area contributed by atoms with Crippen LogP contribution in [0.25, 0.3) is 0 Å².